The predicted molar refractivity (Wildman–Crippen MR) is 95.8 cm³/mol. The summed E-state index contributed by atoms with van der Waals surface area (Å²) in [5, 5.41) is 6.50. The summed E-state index contributed by atoms with van der Waals surface area (Å²) in [5.74, 6) is 0.133. The lowest BCUT2D eigenvalue weighted by molar-refractivity contribution is 0.0590. The molecule has 4 heterocycles. The third-order valence-corrected chi connectivity index (χ3v) is 5.48. The lowest BCUT2D eigenvalue weighted by Gasteiger charge is -2.34. The van der Waals surface area contributed by atoms with Crippen LogP contribution in [-0.2, 0) is 6.67 Å². The monoisotopic (exact) mass is 359 g/mol. The Morgan fingerprint density at radius 2 is 2.00 bits per heavy atom. The topological polar surface area (TPSA) is 45.8 Å². The molecule has 1 aliphatic rings. The predicted octanol–water partition coefficient (Wildman–Crippen LogP) is 2.34. The van der Waals surface area contributed by atoms with Crippen LogP contribution in [0.5, 0.6) is 0 Å². The number of nitrogens with zero attached hydrogens (tertiary/aromatic N) is 5. The van der Waals surface area contributed by atoms with E-state index in [1.54, 1.807) is 0 Å². The lowest BCUT2D eigenvalue weighted by Crippen LogP contribution is -2.48. The van der Waals surface area contributed by atoms with E-state index in [0.29, 0.717) is 11.4 Å². The maximum Gasteiger partial charge on any atom is 0.264 e. The Bertz CT molecular complexity index is 906. The normalized spacial score (nSPS) is 15.9. The number of pyridine rings is 1. The number of carbonyl (C=O) groups is 1. The summed E-state index contributed by atoms with van der Waals surface area (Å²) in [6.07, 6.45) is 1.93. The minimum atomic E-state index is 0.133. The first-order valence-electron chi connectivity index (χ1n) is 7.82. The van der Waals surface area contributed by atoms with Gasteiger partial charge < -0.3 is 4.90 Å². The largest absolute Gasteiger partial charge is 0.335 e. The molecule has 1 fully saturated rings. The van der Waals surface area contributed by atoms with Gasteiger partial charge in [-0.3, -0.25) is 14.1 Å². The first kappa shape index (κ1) is 15.5. The van der Waals surface area contributed by atoms with Crippen LogP contribution in [0.25, 0.3) is 5.65 Å². The van der Waals surface area contributed by atoms with Gasteiger partial charge in [0.15, 0.2) is 5.65 Å². The Hall–Kier alpha value is -2.03. The van der Waals surface area contributed by atoms with E-state index < -0.39 is 0 Å². The summed E-state index contributed by atoms with van der Waals surface area (Å²) in [5.41, 5.74) is 0.856. The van der Waals surface area contributed by atoms with E-state index in [2.05, 4.69) is 10.00 Å². The smallest absolute Gasteiger partial charge is 0.264 e. The molecule has 0 atom stereocenters. The number of hydrogen-bond acceptors (Lipinski definition) is 5. The minimum Gasteiger partial charge on any atom is -0.335 e. The third-order valence-electron chi connectivity index (χ3n) is 4.21. The fourth-order valence-corrected chi connectivity index (χ4v) is 3.84. The van der Waals surface area contributed by atoms with Crippen molar-refractivity contribution >= 4 is 35.1 Å². The van der Waals surface area contributed by atoms with Crippen molar-refractivity contribution in [2.45, 2.75) is 6.67 Å². The van der Waals surface area contributed by atoms with Gasteiger partial charge in [-0.15, -0.1) is 11.3 Å². The first-order chi connectivity index (χ1) is 11.7. The Kier molecular flexibility index (Phi) is 4.17. The van der Waals surface area contributed by atoms with Gasteiger partial charge in [0.1, 0.15) is 0 Å². The van der Waals surface area contributed by atoms with Gasteiger partial charge in [0.05, 0.1) is 11.5 Å². The van der Waals surface area contributed by atoms with Crippen molar-refractivity contribution in [2.24, 2.45) is 0 Å². The molecule has 3 aromatic rings. The van der Waals surface area contributed by atoms with Crippen LogP contribution in [0.4, 0.5) is 0 Å². The lowest BCUT2D eigenvalue weighted by atomic mass is 10.3. The van der Waals surface area contributed by atoms with E-state index in [4.69, 9.17) is 12.2 Å². The molecule has 0 unspecified atom stereocenters. The molecule has 0 saturated carbocycles. The van der Waals surface area contributed by atoms with Crippen molar-refractivity contribution in [1.29, 1.82) is 0 Å². The van der Waals surface area contributed by atoms with Crippen LogP contribution in [-0.4, -0.2) is 56.1 Å². The molecule has 3 aromatic heterocycles. The Balaban J connectivity index is 1.42. The summed E-state index contributed by atoms with van der Waals surface area (Å²) >= 11 is 6.98. The second-order valence-corrected chi connectivity index (χ2v) is 7.05. The molecule has 0 radical (unpaired) electrons. The number of aromatic nitrogens is 3. The van der Waals surface area contributed by atoms with Crippen LogP contribution in [0.3, 0.4) is 0 Å². The number of hydrogen-bond donors (Lipinski definition) is 0. The van der Waals surface area contributed by atoms with Gasteiger partial charge in [0, 0.05) is 32.4 Å². The highest BCUT2D eigenvalue weighted by Gasteiger charge is 2.23. The van der Waals surface area contributed by atoms with Crippen molar-refractivity contribution in [1.82, 2.24) is 24.0 Å². The molecule has 6 nitrogen and oxygen atoms in total. The average molecular weight is 359 g/mol. The molecule has 0 aromatic carbocycles. The molecular weight excluding hydrogens is 342 g/mol. The number of carbonyl (C=O) groups excluding carboxylic acids is 1. The molecular formula is C16H17N5OS2. The third kappa shape index (κ3) is 2.88. The zero-order valence-electron chi connectivity index (χ0n) is 13.0. The SMILES string of the molecule is O=C(c1cccs1)N1CCN(Cn2nc3ccccn3c2=S)CC1. The van der Waals surface area contributed by atoms with Crippen molar-refractivity contribution in [3.05, 3.63) is 51.6 Å². The van der Waals surface area contributed by atoms with E-state index in [-0.39, 0.29) is 5.91 Å². The Morgan fingerprint density at radius 3 is 2.71 bits per heavy atom. The van der Waals surface area contributed by atoms with Crippen LogP contribution >= 0.6 is 23.6 Å². The molecule has 1 saturated heterocycles. The molecule has 4 rings (SSSR count). The number of piperazine rings is 1. The zero-order chi connectivity index (χ0) is 16.5. The molecule has 1 amide bonds. The van der Waals surface area contributed by atoms with Crippen LogP contribution in [0.2, 0.25) is 0 Å². The fourth-order valence-electron chi connectivity index (χ4n) is 2.90. The number of thiophene rings is 1. The summed E-state index contributed by atoms with van der Waals surface area (Å²) in [6.45, 7) is 3.77. The Morgan fingerprint density at radius 1 is 1.17 bits per heavy atom. The number of rotatable bonds is 3. The maximum absolute atomic E-state index is 12.4. The highest BCUT2D eigenvalue weighted by Crippen LogP contribution is 2.14. The van der Waals surface area contributed by atoms with Crippen molar-refractivity contribution in [3.63, 3.8) is 0 Å². The van der Waals surface area contributed by atoms with Crippen LogP contribution in [0.15, 0.2) is 41.9 Å². The second-order valence-electron chi connectivity index (χ2n) is 5.74. The van der Waals surface area contributed by atoms with Crippen molar-refractivity contribution in [2.75, 3.05) is 26.2 Å². The molecule has 0 bridgehead atoms. The number of fused-ring (bicyclic) bond motifs is 1. The van der Waals surface area contributed by atoms with Crippen molar-refractivity contribution in [3.8, 4) is 0 Å². The maximum atomic E-state index is 12.4. The molecule has 0 aliphatic carbocycles. The van der Waals surface area contributed by atoms with Gasteiger partial charge in [0.2, 0.25) is 4.77 Å². The van der Waals surface area contributed by atoms with E-state index in [0.717, 1.165) is 36.7 Å². The van der Waals surface area contributed by atoms with Gasteiger partial charge in [-0.2, -0.15) is 5.10 Å². The van der Waals surface area contributed by atoms with Crippen LogP contribution in [0, 0.1) is 4.77 Å². The fraction of sp³-hybridized carbons (Fsp3) is 0.312. The molecule has 0 spiro atoms. The zero-order valence-corrected chi connectivity index (χ0v) is 14.7. The summed E-state index contributed by atoms with van der Waals surface area (Å²) in [7, 11) is 0. The van der Waals surface area contributed by atoms with E-state index >= 15 is 0 Å². The summed E-state index contributed by atoms with van der Waals surface area (Å²) in [6, 6.07) is 9.65. The van der Waals surface area contributed by atoms with Gasteiger partial charge >= 0.3 is 0 Å². The highest BCUT2D eigenvalue weighted by molar-refractivity contribution is 7.71. The van der Waals surface area contributed by atoms with Crippen LogP contribution < -0.4 is 0 Å². The van der Waals surface area contributed by atoms with Gasteiger partial charge in [-0.1, -0.05) is 12.1 Å². The minimum absolute atomic E-state index is 0.133. The first-order valence-corrected chi connectivity index (χ1v) is 9.10. The summed E-state index contributed by atoms with van der Waals surface area (Å²) < 4.78 is 4.45. The number of amides is 1. The Labute approximate surface area is 148 Å². The van der Waals surface area contributed by atoms with Gasteiger partial charge in [-0.05, 0) is 35.8 Å². The van der Waals surface area contributed by atoms with E-state index in [1.807, 2.05) is 55.9 Å². The van der Waals surface area contributed by atoms with E-state index in [9.17, 15) is 4.79 Å². The molecule has 124 valence electrons. The average Bonchev–Trinajstić information content (AvgIpc) is 3.25. The van der Waals surface area contributed by atoms with Gasteiger partial charge in [0.25, 0.3) is 5.91 Å². The molecule has 0 N–H and O–H groups in total. The highest BCUT2D eigenvalue weighted by atomic mass is 32.1. The van der Waals surface area contributed by atoms with Crippen molar-refractivity contribution < 1.29 is 4.79 Å². The van der Waals surface area contributed by atoms with Crippen LogP contribution in [0.1, 0.15) is 9.67 Å². The quantitative estimate of drug-likeness (QED) is 0.674. The molecule has 8 heteroatoms. The molecule has 1 aliphatic heterocycles. The second kappa shape index (κ2) is 6.46. The van der Waals surface area contributed by atoms with E-state index in [1.165, 1.54) is 11.3 Å². The summed E-state index contributed by atoms with van der Waals surface area (Å²) in [4.78, 5) is 17.4. The molecule has 24 heavy (non-hydrogen) atoms. The standard InChI is InChI=1S/C16H17N5OS2/c22-15(13-4-3-11-24-13)19-9-7-18(8-10-19)12-21-16(23)20-6-2-1-5-14(20)17-21/h1-6,11H,7-10,12H2. The van der Waals surface area contributed by atoms with Gasteiger partial charge in [-0.25, -0.2) is 4.68 Å².